The second-order valence-electron chi connectivity index (χ2n) is 3.36. The Morgan fingerprint density at radius 3 is 3.00 bits per heavy atom. The molecule has 0 bridgehead atoms. The van der Waals surface area contributed by atoms with E-state index in [4.69, 9.17) is 16.0 Å². The molecule has 5 heteroatoms. The normalized spacial score (nSPS) is 11.1. The molecule has 2 heterocycles. The molecule has 4 nitrogen and oxygen atoms in total. The summed E-state index contributed by atoms with van der Waals surface area (Å²) in [6.45, 7) is 0. The minimum absolute atomic E-state index is 0.343. The minimum Gasteiger partial charge on any atom is -0.431 e. The highest BCUT2D eigenvalue weighted by molar-refractivity contribution is 6.16. The van der Waals surface area contributed by atoms with Crippen LogP contribution in [0.5, 0.6) is 0 Å². The molecule has 0 aliphatic rings. The largest absolute Gasteiger partial charge is 0.431 e. The average Bonchev–Trinajstić information content (AvgIpc) is 2.94. The highest BCUT2D eigenvalue weighted by Gasteiger charge is 2.08. The first-order valence-corrected chi connectivity index (χ1v) is 5.35. The fourth-order valence-electron chi connectivity index (χ4n) is 1.58. The number of alkyl halides is 1. The maximum Gasteiger partial charge on any atom is 0.307 e. The number of oxazole rings is 1. The third kappa shape index (κ3) is 1.39. The first kappa shape index (κ1) is 9.42. The van der Waals surface area contributed by atoms with Crippen molar-refractivity contribution in [3.8, 4) is 6.01 Å². The number of hydrogen-bond acceptors (Lipinski definition) is 3. The van der Waals surface area contributed by atoms with Crippen LogP contribution in [0.4, 0.5) is 0 Å². The van der Waals surface area contributed by atoms with Gasteiger partial charge >= 0.3 is 6.01 Å². The molecule has 0 fully saturated rings. The molecule has 0 atom stereocenters. The number of para-hydroxylation sites is 2. The maximum absolute atomic E-state index is 5.67. The summed E-state index contributed by atoms with van der Waals surface area (Å²) in [4.78, 5) is 8.51. The minimum atomic E-state index is 0.343. The molecule has 0 radical (unpaired) electrons. The first-order chi connectivity index (χ1) is 7.88. The molecule has 3 aromatic rings. The van der Waals surface area contributed by atoms with Crippen LogP contribution in [-0.2, 0) is 5.88 Å². The van der Waals surface area contributed by atoms with E-state index in [1.165, 1.54) is 0 Å². The molecular formula is C11H8ClN3O. The predicted octanol–water partition coefficient (Wildman–Crippen LogP) is 2.75. The van der Waals surface area contributed by atoms with Gasteiger partial charge in [-0.05, 0) is 12.1 Å². The van der Waals surface area contributed by atoms with Gasteiger partial charge in [-0.3, -0.25) is 4.57 Å². The van der Waals surface area contributed by atoms with Crippen LogP contribution < -0.4 is 0 Å². The Hall–Kier alpha value is -1.81. The van der Waals surface area contributed by atoms with Gasteiger partial charge in [0.1, 0.15) is 12.6 Å². The molecule has 3 rings (SSSR count). The summed E-state index contributed by atoms with van der Waals surface area (Å²) in [5.41, 5.74) is 2.59. The molecule has 0 aliphatic carbocycles. The molecule has 0 amide bonds. The number of nitrogens with zero attached hydrogens (tertiary/aromatic N) is 3. The van der Waals surface area contributed by atoms with Crippen LogP contribution in [0.3, 0.4) is 0 Å². The van der Waals surface area contributed by atoms with Gasteiger partial charge in [0.25, 0.3) is 0 Å². The van der Waals surface area contributed by atoms with Crippen molar-refractivity contribution >= 4 is 22.6 Å². The Labute approximate surface area is 96.5 Å². The topological polar surface area (TPSA) is 43.9 Å². The average molecular weight is 234 g/mol. The molecule has 80 valence electrons. The van der Waals surface area contributed by atoms with Crippen LogP contribution >= 0.6 is 11.6 Å². The van der Waals surface area contributed by atoms with Crippen molar-refractivity contribution in [1.82, 2.24) is 14.5 Å². The van der Waals surface area contributed by atoms with Gasteiger partial charge in [-0.15, -0.1) is 11.6 Å². The van der Waals surface area contributed by atoms with Crippen LogP contribution in [0.2, 0.25) is 0 Å². The summed E-state index contributed by atoms with van der Waals surface area (Å²) in [7, 11) is 0. The van der Waals surface area contributed by atoms with Crippen molar-refractivity contribution in [2.45, 2.75) is 5.88 Å². The number of imidazole rings is 1. The van der Waals surface area contributed by atoms with Crippen LogP contribution in [0, 0.1) is 0 Å². The van der Waals surface area contributed by atoms with Crippen molar-refractivity contribution in [3.63, 3.8) is 0 Å². The molecule has 0 spiro atoms. The summed E-state index contributed by atoms with van der Waals surface area (Å²) < 4.78 is 7.13. The summed E-state index contributed by atoms with van der Waals surface area (Å²) in [6.07, 6.45) is 3.24. The molecule has 0 saturated heterocycles. The summed E-state index contributed by atoms with van der Waals surface area (Å²) >= 11 is 5.67. The third-order valence-corrected chi connectivity index (χ3v) is 2.61. The van der Waals surface area contributed by atoms with E-state index in [-0.39, 0.29) is 0 Å². The van der Waals surface area contributed by atoms with Gasteiger partial charge in [0.05, 0.1) is 22.6 Å². The fourth-order valence-corrected chi connectivity index (χ4v) is 1.70. The van der Waals surface area contributed by atoms with Gasteiger partial charge in [0.2, 0.25) is 0 Å². The van der Waals surface area contributed by atoms with Gasteiger partial charge in [-0.1, -0.05) is 12.1 Å². The van der Waals surface area contributed by atoms with Crippen LogP contribution in [-0.4, -0.2) is 14.5 Å². The SMILES string of the molecule is ClCc1coc(-n2cnc3ccccc32)n1. The van der Waals surface area contributed by atoms with Crippen LogP contribution in [0.25, 0.3) is 17.0 Å². The lowest BCUT2D eigenvalue weighted by Gasteiger charge is -1.96. The van der Waals surface area contributed by atoms with Gasteiger partial charge in [-0.25, -0.2) is 4.98 Å². The lowest BCUT2D eigenvalue weighted by atomic mass is 10.3. The second-order valence-corrected chi connectivity index (χ2v) is 3.63. The molecule has 0 aliphatic heterocycles. The standard InChI is InChI=1S/C11H8ClN3O/c12-5-8-6-16-11(14-8)15-7-13-9-3-1-2-4-10(9)15/h1-4,6-7H,5H2. The van der Waals surface area contributed by atoms with Crippen molar-refractivity contribution in [2.24, 2.45) is 0 Å². The van der Waals surface area contributed by atoms with E-state index in [1.807, 2.05) is 24.3 Å². The van der Waals surface area contributed by atoms with Gasteiger partial charge in [0.15, 0.2) is 0 Å². The maximum atomic E-state index is 5.67. The summed E-state index contributed by atoms with van der Waals surface area (Å²) in [5, 5.41) is 0. The summed E-state index contributed by atoms with van der Waals surface area (Å²) in [5.74, 6) is 0.343. The lowest BCUT2D eigenvalue weighted by molar-refractivity contribution is 0.530. The first-order valence-electron chi connectivity index (χ1n) is 4.81. The Balaban J connectivity index is 2.18. The van der Waals surface area contributed by atoms with Crippen molar-refractivity contribution in [3.05, 3.63) is 42.5 Å². The van der Waals surface area contributed by atoms with E-state index in [0.29, 0.717) is 11.9 Å². The molecule has 1 aromatic carbocycles. The van der Waals surface area contributed by atoms with Crippen molar-refractivity contribution in [1.29, 1.82) is 0 Å². The highest BCUT2D eigenvalue weighted by atomic mass is 35.5. The van der Waals surface area contributed by atoms with E-state index in [0.717, 1.165) is 16.7 Å². The number of halogens is 1. The zero-order chi connectivity index (χ0) is 11.0. The van der Waals surface area contributed by atoms with Crippen LogP contribution in [0.15, 0.2) is 41.3 Å². The van der Waals surface area contributed by atoms with Gasteiger partial charge < -0.3 is 4.42 Å². The monoisotopic (exact) mass is 233 g/mol. The van der Waals surface area contributed by atoms with E-state index < -0.39 is 0 Å². The third-order valence-electron chi connectivity index (χ3n) is 2.34. The number of benzene rings is 1. The number of aromatic nitrogens is 3. The molecule has 0 N–H and O–H groups in total. The van der Waals surface area contributed by atoms with E-state index in [1.54, 1.807) is 17.2 Å². The predicted molar refractivity (Wildman–Crippen MR) is 60.7 cm³/mol. The fraction of sp³-hybridized carbons (Fsp3) is 0.0909. The number of hydrogen-bond donors (Lipinski definition) is 0. The Morgan fingerprint density at radius 2 is 2.19 bits per heavy atom. The van der Waals surface area contributed by atoms with Crippen LogP contribution in [0.1, 0.15) is 5.69 Å². The molecule has 2 aromatic heterocycles. The smallest absolute Gasteiger partial charge is 0.307 e. The highest BCUT2D eigenvalue weighted by Crippen LogP contribution is 2.17. The lowest BCUT2D eigenvalue weighted by Crippen LogP contribution is -1.92. The van der Waals surface area contributed by atoms with E-state index in [9.17, 15) is 0 Å². The Kier molecular flexibility index (Phi) is 2.15. The second kappa shape index (κ2) is 3.64. The van der Waals surface area contributed by atoms with E-state index >= 15 is 0 Å². The van der Waals surface area contributed by atoms with Crippen molar-refractivity contribution < 1.29 is 4.42 Å². The summed E-state index contributed by atoms with van der Waals surface area (Å²) in [6, 6.07) is 8.29. The van der Waals surface area contributed by atoms with Gasteiger partial charge in [0, 0.05) is 0 Å². The molecular weight excluding hydrogens is 226 g/mol. The Bertz CT molecular complexity index is 629. The Morgan fingerprint density at radius 1 is 1.31 bits per heavy atom. The quantitative estimate of drug-likeness (QED) is 0.640. The zero-order valence-electron chi connectivity index (χ0n) is 8.30. The molecule has 0 saturated carbocycles. The van der Waals surface area contributed by atoms with E-state index in [2.05, 4.69) is 9.97 Å². The zero-order valence-corrected chi connectivity index (χ0v) is 9.05. The number of fused-ring (bicyclic) bond motifs is 1. The molecule has 16 heavy (non-hydrogen) atoms. The van der Waals surface area contributed by atoms with Crippen molar-refractivity contribution in [2.75, 3.05) is 0 Å². The molecule has 0 unspecified atom stereocenters. The number of rotatable bonds is 2. The van der Waals surface area contributed by atoms with Gasteiger partial charge in [-0.2, -0.15) is 4.98 Å².